The summed E-state index contributed by atoms with van der Waals surface area (Å²) in [7, 11) is 4.09. The van der Waals surface area contributed by atoms with Gasteiger partial charge in [0.25, 0.3) is 0 Å². The molecule has 15 heavy (non-hydrogen) atoms. The Morgan fingerprint density at radius 3 is 2.40 bits per heavy atom. The van der Waals surface area contributed by atoms with Gasteiger partial charge in [0.1, 0.15) is 6.23 Å². The van der Waals surface area contributed by atoms with Gasteiger partial charge in [-0.05, 0) is 24.6 Å². The minimum Gasteiger partial charge on any atom is -0.378 e. The van der Waals surface area contributed by atoms with Crippen LogP contribution >= 0.6 is 0 Å². The molecule has 0 spiro atoms. The molecule has 1 unspecified atom stereocenters. The van der Waals surface area contributed by atoms with E-state index in [9.17, 15) is 0 Å². The lowest BCUT2D eigenvalue weighted by atomic mass is 10.1. The molecule has 0 aliphatic carbocycles. The molecule has 1 aromatic rings. The van der Waals surface area contributed by atoms with Gasteiger partial charge in [-0.3, -0.25) is 5.32 Å². The van der Waals surface area contributed by atoms with Gasteiger partial charge in [-0.1, -0.05) is 12.1 Å². The fraction of sp³-hybridized carbons (Fsp3) is 0.500. The lowest BCUT2D eigenvalue weighted by Gasteiger charge is -2.15. The topological polar surface area (TPSA) is 24.5 Å². The van der Waals surface area contributed by atoms with Crippen molar-refractivity contribution in [2.45, 2.75) is 19.2 Å². The minimum absolute atomic E-state index is 0.0659. The smallest absolute Gasteiger partial charge is 0.134 e. The van der Waals surface area contributed by atoms with E-state index >= 15 is 0 Å². The highest BCUT2D eigenvalue weighted by molar-refractivity contribution is 5.46. The molecule has 1 fully saturated rings. The average molecular weight is 206 g/mol. The number of ether oxygens (including phenoxy) is 1. The molecule has 0 radical (unpaired) electrons. The van der Waals surface area contributed by atoms with Crippen LogP contribution in [0.3, 0.4) is 0 Å². The van der Waals surface area contributed by atoms with E-state index in [4.69, 9.17) is 4.74 Å². The summed E-state index contributed by atoms with van der Waals surface area (Å²) in [6.45, 7) is 2.92. The second-order valence-electron chi connectivity index (χ2n) is 4.27. The third-order valence-corrected chi connectivity index (χ3v) is 2.66. The van der Waals surface area contributed by atoms with E-state index in [2.05, 4.69) is 41.4 Å². The van der Waals surface area contributed by atoms with Crippen molar-refractivity contribution in [2.75, 3.05) is 25.6 Å². The minimum atomic E-state index is 0.0659. The number of rotatable bonds is 2. The fourth-order valence-electron chi connectivity index (χ4n) is 1.73. The normalized spacial score (nSPS) is 25.5. The number of hydrogen-bond acceptors (Lipinski definition) is 3. The zero-order valence-electron chi connectivity index (χ0n) is 9.53. The van der Waals surface area contributed by atoms with Gasteiger partial charge in [0.2, 0.25) is 0 Å². The summed E-state index contributed by atoms with van der Waals surface area (Å²) in [6, 6.07) is 8.91. The highest BCUT2D eigenvalue weighted by Gasteiger charge is 2.21. The highest BCUT2D eigenvalue weighted by atomic mass is 16.5. The summed E-state index contributed by atoms with van der Waals surface area (Å²) in [4.78, 5) is 2.09. The predicted octanol–water partition coefficient (Wildman–Crippen LogP) is 1.76. The maximum absolute atomic E-state index is 5.63. The van der Waals surface area contributed by atoms with Crippen LogP contribution < -0.4 is 10.2 Å². The van der Waals surface area contributed by atoms with Gasteiger partial charge in [-0.15, -0.1) is 0 Å². The van der Waals surface area contributed by atoms with E-state index in [1.165, 1.54) is 11.3 Å². The molecule has 3 nitrogen and oxygen atoms in total. The Labute approximate surface area is 91.0 Å². The van der Waals surface area contributed by atoms with E-state index < -0.39 is 0 Å². The maximum Gasteiger partial charge on any atom is 0.134 e. The molecular formula is C12H18N2O. The molecule has 82 valence electrons. The van der Waals surface area contributed by atoms with Gasteiger partial charge in [-0.25, -0.2) is 0 Å². The highest BCUT2D eigenvalue weighted by Crippen LogP contribution is 2.22. The van der Waals surface area contributed by atoms with Crippen LogP contribution in [-0.2, 0) is 4.74 Å². The van der Waals surface area contributed by atoms with Crippen molar-refractivity contribution in [1.82, 2.24) is 5.32 Å². The quantitative estimate of drug-likeness (QED) is 0.798. The van der Waals surface area contributed by atoms with Crippen molar-refractivity contribution in [2.24, 2.45) is 0 Å². The first-order valence-corrected chi connectivity index (χ1v) is 5.32. The van der Waals surface area contributed by atoms with Crippen molar-refractivity contribution in [3.8, 4) is 0 Å². The average Bonchev–Trinajstić information content (AvgIpc) is 2.65. The Morgan fingerprint density at radius 2 is 1.93 bits per heavy atom. The molecule has 0 amide bonds. The summed E-state index contributed by atoms with van der Waals surface area (Å²) in [5, 5.41) is 3.38. The number of nitrogens with one attached hydrogen (secondary N) is 1. The molecule has 2 atom stereocenters. The summed E-state index contributed by atoms with van der Waals surface area (Å²) in [6.07, 6.45) is 0.0659. The van der Waals surface area contributed by atoms with E-state index in [-0.39, 0.29) is 6.23 Å². The van der Waals surface area contributed by atoms with E-state index in [1.807, 2.05) is 14.1 Å². The molecular weight excluding hydrogens is 188 g/mol. The number of anilines is 1. The van der Waals surface area contributed by atoms with Gasteiger partial charge in [0.05, 0.1) is 6.61 Å². The molecule has 0 bridgehead atoms. The lowest BCUT2D eigenvalue weighted by Crippen LogP contribution is -2.22. The SMILES string of the molecule is C[C@H]1COC(c2ccc(N(C)C)cc2)N1. The van der Waals surface area contributed by atoms with Crippen molar-refractivity contribution in [3.63, 3.8) is 0 Å². The monoisotopic (exact) mass is 206 g/mol. The Kier molecular flexibility index (Phi) is 2.93. The molecule has 2 rings (SSSR count). The van der Waals surface area contributed by atoms with Crippen molar-refractivity contribution in [3.05, 3.63) is 29.8 Å². The molecule has 1 aliphatic rings. The number of nitrogens with zero attached hydrogens (tertiary/aromatic N) is 1. The molecule has 1 heterocycles. The molecule has 3 heteroatoms. The molecule has 1 aliphatic heterocycles. The second kappa shape index (κ2) is 4.21. The van der Waals surface area contributed by atoms with E-state index in [0.29, 0.717) is 6.04 Å². The van der Waals surface area contributed by atoms with Gasteiger partial charge >= 0.3 is 0 Å². The Bertz CT molecular complexity index is 321. The maximum atomic E-state index is 5.63. The summed E-state index contributed by atoms with van der Waals surface area (Å²) < 4.78 is 5.63. The summed E-state index contributed by atoms with van der Waals surface area (Å²) >= 11 is 0. The van der Waals surface area contributed by atoms with Crippen molar-refractivity contribution in [1.29, 1.82) is 0 Å². The Morgan fingerprint density at radius 1 is 1.27 bits per heavy atom. The Balaban J connectivity index is 2.10. The molecule has 1 saturated heterocycles. The van der Waals surface area contributed by atoms with E-state index in [1.54, 1.807) is 0 Å². The van der Waals surface area contributed by atoms with Gasteiger partial charge in [-0.2, -0.15) is 0 Å². The zero-order valence-corrected chi connectivity index (χ0v) is 9.53. The molecule has 0 aromatic heterocycles. The van der Waals surface area contributed by atoms with Gasteiger partial charge < -0.3 is 9.64 Å². The standard InChI is InChI=1S/C12H18N2O/c1-9-8-15-12(13-9)10-4-6-11(7-5-10)14(2)3/h4-7,9,12-13H,8H2,1-3H3/t9-,12?/m0/s1. The first-order chi connectivity index (χ1) is 7.16. The molecule has 0 saturated carbocycles. The predicted molar refractivity (Wildman–Crippen MR) is 62.1 cm³/mol. The van der Waals surface area contributed by atoms with Gasteiger partial charge in [0, 0.05) is 25.8 Å². The third kappa shape index (κ3) is 2.30. The molecule has 1 N–H and O–H groups in total. The van der Waals surface area contributed by atoms with Crippen LogP contribution in [-0.4, -0.2) is 26.7 Å². The van der Waals surface area contributed by atoms with Crippen LogP contribution in [0.4, 0.5) is 5.69 Å². The van der Waals surface area contributed by atoms with E-state index in [0.717, 1.165) is 6.61 Å². The van der Waals surface area contributed by atoms with Crippen molar-refractivity contribution >= 4 is 5.69 Å². The zero-order chi connectivity index (χ0) is 10.8. The lowest BCUT2D eigenvalue weighted by molar-refractivity contribution is 0.101. The first-order valence-electron chi connectivity index (χ1n) is 5.32. The van der Waals surface area contributed by atoms with Crippen LogP contribution in [0.5, 0.6) is 0 Å². The number of benzene rings is 1. The van der Waals surface area contributed by atoms with Crippen LogP contribution in [0.1, 0.15) is 18.7 Å². The van der Waals surface area contributed by atoms with Crippen molar-refractivity contribution < 1.29 is 4.74 Å². The van der Waals surface area contributed by atoms with Crippen LogP contribution in [0.25, 0.3) is 0 Å². The number of hydrogen-bond donors (Lipinski definition) is 1. The van der Waals surface area contributed by atoms with Crippen LogP contribution in [0.15, 0.2) is 24.3 Å². The van der Waals surface area contributed by atoms with Crippen LogP contribution in [0, 0.1) is 0 Å². The summed E-state index contributed by atoms with van der Waals surface area (Å²) in [5.41, 5.74) is 2.41. The fourth-order valence-corrected chi connectivity index (χ4v) is 1.73. The van der Waals surface area contributed by atoms with Crippen LogP contribution in [0.2, 0.25) is 0 Å². The summed E-state index contributed by atoms with van der Waals surface area (Å²) in [5.74, 6) is 0. The third-order valence-electron chi connectivity index (χ3n) is 2.66. The largest absolute Gasteiger partial charge is 0.378 e. The first kappa shape index (κ1) is 10.5. The molecule has 1 aromatic carbocycles. The Hall–Kier alpha value is -1.06. The second-order valence-corrected chi connectivity index (χ2v) is 4.27. The van der Waals surface area contributed by atoms with Gasteiger partial charge in [0.15, 0.2) is 0 Å².